The summed E-state index contributed by atoms with van der Waals surface area (Å²) in [5.74, 6) is 0.129. The molecule has 1 aromatic carbocycles. The molecule has 1 aromatic rings. The van der Waals surface area contributed by atoms with E-state index in [-0.39, 0.29) is 6.42 Å². The first-order valence-corrected chi connectivity index (χ1v) is 6.91. The Hall–Kier alpha value is -1.76. The van der Waals surface area contributed by atoms with Gasteiger partial charge in [-0.1, -0.05) is 0 Å². The molecule has 6 nitrogen and oxygen atoms in total. The number of hydrogen-bond acceptors (Lipinski definition) is 4. The zero-order chi connectivity index (χ0) is 14.5. The van der Waals surface area contributed by atoms with Crippen LogP contribution in [-0.4, -0.2) is 36.7 Å². The Bertz CT molecular complexity index is 520. The Kier molecular flexibility index (Phi) is 4.84. The molecule has 20 heavy (non-hydrogen) atoms. The lowest BCUT2D eigenvalue weighted by Crippen LogP contribution is -2.37. The Morgan fingerprint density at radius 2 is 2.20 bits per heavy atom. The normalized spacial score (nSPS) is 15.1. The number of hydrogen-bond donors (Lipinski definition) is 2. The number of carbonyl (C=O) groups excluding carboxylic acids is 1. The third-order valence-electron chi connectivity index (χ3n) is 2.87. The predicted molar refractivity (Wildman–Crippen MR) is 74.1 cm³/mol. The van der Waals surface area contributed by atoms with E-state index in [2.05, 4.69) is 21.2 Å². The number of aliphatic carboxylic acids is 1. The lowest BCUT2D eigenvalue weighted by atomic mass is 10.1. The minimum absolute atomic E-state index is 0.170. The lowest BCUT2D eigenvalue weighted by molar-refractivity contribution is -0.140. The van der Waals surface area contributed by atoms with E-state index in [0.29, 0.717) is 35.6 Å². The topological polar surface area (TPSA) is 84.9 Å². The Balaban J connectivity index is 2.24. The van der Waals surface area contributed by atoms with Crippen molar-refractivity contribution in [1.29, 1.82) is 0 Å². The molecular weight excluding hydrogens is 330 g/mol. The van der Waals surface area contributed by atoms with Gasteiger partial charge >= 0.3 is 5.97 Å². The number of ether oxygens (including phenoxy) is 2. The average Bonchev–Trinajstić information content (AvgIpc) is 2.63. The number of amides is 1. The second-order valence-corrected chi connectivity index (χ2v) is 5.19. The van der Waals surface area contributed by atoms with Crippen LogP contribution in [0, 0.1) is 0 Å². The predicted octanol–water partition coefficient (Wildman–Crippen LogP) is 1.35. The highest BCUT2D eigenvalue weighted by Gasteiger charge is 2.20. The van der Waals surface area contributed by atoms with Crippen LogP contribution in [-0.2, 0) is 16.0 Å². The first-order valence-electron chi connectivity index (χ1n) is 6.12. The van der Waals surface area contributed by atoms with Crippen molar-refractivity contribution in [3.63, 3.8) is 0 Å². The van der Waals surface area contributed by atoms with Crippen molar-refractivity contribution in [3.8, 4) is 11.5 Å². The summed E-state index contributed by atoms with van der Waals surface area (Å²) in [6.07, 6.45) is 1.35. The molecule has 1 aliphatic rings. The van der Waals surface area contributed by atoms with E-state index >= 15 is 0 Å². The molecule has 2 rings (SSSR count). The second kappa shape index (κ2) is 6.60. The van der Waals surface area contributed by atoms with Crippen LogP contribution in [0.1, 0.15) is 12.0 Å². The molecule has 1 heterocycles. The van der Waals surface area contributed by atoms with Gasteiger partial charge in [0, 0.05) is 12.8 Å². The highest BCUT2D eigenvalue weighted by molar-refractivity contribution is 9.10. The Morgan fingerprint density at radius 1 is 1.45 bits per heavy atom. The molecule has 0 aliphatic carbocycles. The molecule has 0 saturated heterocycles. The summed E-state index contributed by atoms with van der Waals surface area (Å²) < 4.78 is 11.9. The van der Waals surface area contributed by atoms with Crippen LogP contribution in [0.25, 0.3) is 0 Å². The van der Waals surface area contributed by atoms with E-state index in [9.17, 15) is 9.59 Å². The minimum atomic E-state index is -1.08. The molecule has 1 unspecified atom stereocenters. The number of benzene rings is 1. The molecule has 0 bridgehead atoms. The molecule has 1 amide bonds. The SMILES string of the molecule is O=CNC(Cc1cc(Br)c2c(c1)OCCCO2)C(=O)O. The van der Waals surface area contributed by atoms with E-state index in [0.717, 1.165) is 12.0 Å². The summed E-state index contributed by atoms with van der Waals surface area (Å²) in [6, 6.07) is 2.55. The number of nitrogens with one attached hydrogen (secondary N) is 1. The molecular formula is C13H14BrNO5. The molecule has 0 radical (unpaired) electrons. The summed E-state index contributed by atoms with van der Waals surface area (Å²) in [7, 11) is 0. The van der Waals surface area contributed by atoms with Gasteiger partial charge in [0.2, 0.25) is 6.41 Å². The van der Waals surface area contributed by atoms with Gasteiger partial charge in [-0.3, -0.25) is 4.79 Å². The summed E-state index contributed by atoms with van der Waals surface area (Å²) in [5.41, 5.74) is 0.739. The van der Waals surface area contributed by atoms with Gasteiger partial charge in [-0.15, -0.1) is 0 Å². The fourth-order valence-electron chi connectivity index (χ4n) is 1.94. The highest BCUT2D eigenvalue weighted by Crippen LogP contribution is 2.38. The van der Waals surface area contributed by atoms with E-state index < -0.39 is 12.0 Å². The largest absolute Gasteiger partial charge is 0.490 e. The Labute approximate surface area is 124 Å². The fourth-order valence-corrected chi connectivity index (χ4v) is 2.54. The maximum absolute atomic E-state index is 11.0. The monoisotopic (exact) mass is 343 g/mol. The molecule has 0 saturated carbocycles. The molecule has 108 valence electrons. The van der Waals surface area contributed by atoms with Crippen molar-refractivity contribution in [2.75, 3.05) is 13.2 Å². The van der Waals surface area contributed by atoms with Crippen LogP contribution in [0.5, 0.6) is 11.5 Å². The summed E-state index contributed by atoms with van der Waals surface area (Å²) >= 11 is 3.39. The molecule has 2 N–H and O–H groups in total. The average molecular weight is 344 g/mol. The number of halogens is 1. The van der Waals surface area contributed by atoms with Crippen molar-refractivity contribution < 1.29 is 24.2 Å². The zero-order valence-electron chi connectivity index (χ0n) is 10.6. The van der Waals surface area contributed by atoms with Gasteiger partial charge in [0.25, 0.3) is 0 Å². The number of carboxylic acids is 1. The van der Waals surface area contributed by atoms with Crippen LogP contribution in [0.4, 0.5) is 0 Å². The summed E-state index contributed by atoms with van der Waals surface area (Å²) in [5, 5.41) is 11.3. The van der Waals surface area contributed by atoms with Crippen LogP contribution < -0.4 is 14.8 Å². The van der Waals surface area contributed by atoms with Gasteiger partial charge in [-0.2, -0.15) is 0 Å². The van der Waals surface area contributed by atoms with Gasteiger partial charge in [0.05, 0.1) is 17.7 Å². The summed E-state index contributed by atoms with van der Waals surface area (Å²) in [4.78, 5) is 21.5. The van der Waals surface area contributed by atoms with Crippen molar-refractivity contribution in [3.05, 3.63) is 22.2 Å². The van der Waals surface area contributed by atoms with E-state index in [1.165, 1.54) is 0 Å². The van der Waals surface area contributed by atoms with Crippen molar-refractivity contribution >= 4 is 28.3 Å². The third kappa shape index (κ3) is 3.41. The standard InChI is InChI=1S/C13H14BrNO5/c14-9-4-8(5-10(13(17)18)15-7-16)6-11-12(9)20-3-1-2-19-11/h4,6-7,10H,1-3,5H2,(H,15,16)(H,17,18). The molecule has 1 aliphatic heterocycles. The fraction of sp³-hybridized carbons (Fsp3) is 0.385. The van der Waals surface area contributed by atoms with Crippen LogP contribution in [0.2, 0.25) is 0 Å². The maximum atomic E-state index is 11.0. The third-order valence-corrected chi connectivity index (χ3v) is 3.46. The summed E-state index contributed by atoms with van der Waals surface area (Å²) in [6.45, 7) is 1.13. The number of rotatable bonds is 5. The van der Waals surface area contributed by atoms with Crippen LogP contribution >= 0.6 is 15.9 Å². The maximum Gasteiger partial charge on any atom is 0.326 e. The van der Waals surface area contributed by atoms with Gasteiger partial charge in [0.1, 0.15) is 6.04 Å². The van der Waals surface area contributed by atoms with E-state index in [1.807, 2.05) is 0 Å². The van der Waals surface area contributed by atoms with Gasteiger partial charge in [-0.05, 0) is 33.6 Å². The quantitative estimate of drug-likeness (QED) is 0.788. The zero-order valence-corrected chi connectivity index (χ0v) is 12.2. The van der Waals surface area contributed by atoms with Crippen LogP contribution in [0.15, 0.2) is 16.6 Å². The van der Waals surface area contributed by atoms with Crippen molar-refractivity contribution in [2.24, 2.45) is 0 Å². The molecule has 1 atom stereocenters. The second-order valence-electron chi connectivity index (χ2n) is 4.33. The highest BCUT2D eigenvalue weighted by atomic mass is 79.9. The first kappa shape index (κ1) is 14.6. The van der Waals surface area contributed by atoms with Gasteiger partial charge < -0.3 is 19.9 Å². The van der Waals surface area contributed by atoms with E-state index in [1.54, 1.807) is 12.1 Å². The first-order chi connectivity index (χ1) is 9.61. The number of carboxylic acid groups (broad SMARTS) is 1. The van der Waals surface area contributed by atoms with Gasteiger partial charge in [0.15, 0.2) is 11.5 Å². The molecule has 0 aromatic heterocycles. The lowest BCUT2D eigenvalue weighted by Gasteiger charge is -2.14. The number of carbonyl (C=O) groups is 2. The molecule has 0 spiro atoms. The smallest absolute Gasteiger partial charge is 0.326 e. The minimum Gasteiger partial charge on any atom is -0.490 e. The van der Waals surface area contributed by atoms with Crippen LogP contribution in [0.3, 0.4) is 0 Å². The molecule has 0 fully saturated rings. The number of fused-ring (bicyclic) bond motifs is 1. The van der Waals surface area contributed by atoms with Crippen molar-refractivity contribution in [2.45, 2.75) is 18.9 Å². The van der Waals surface area contributed by atoms with E-state index in [4.69, 9.17) is 14.6 Å². The Morgan fingerprint density at radius 3 is 2.90 bits per heavy atom. The van der Waals surface area contributed by atoms with Gasteiger partial charge in [-0.25, -0.2) is 4.79 Å². The molecule has 7 heteroatoms. The van der Waals surface area contributed by atoms with Crippen molar-refractivity contribution in [1.82, 2.24) is 5.32 Å².